The maximum atomic E-state index is 14.9. The second kappa shape index (κ2) is 7.79. The molecule has 2 aliphatic rings. The number of hydrogen-bond acceptors (Lipinski definition) is 5. The first-order valence-electron chi connectivity index (χ1n) is 10.4. The van der Waals surface area contributed by atoms with Crippen molar-refractivity contribution in [3.8, 4) is 0 Å². The second-order valence-electron chi connectivity index (χ2n) is 9.61. The summed E-state index contributed by atoms with van der Waals surface area (Å²) in [5.74, 6) is -4.68. The molecule has 1 amide bonds. The lowest BCUT2D eigenvalue weighted by molar-refractivity contribution is -0.160. The number of pyridine rings is 1. The van der Waals surface area contributed by atoms with Crippen molar-refractivity contribution in [3.05, 3.63) is 40.6 Å². The van der Waals surface area contributed by atoms with Gasteiger partial charge in [0.25, 0.3) is 5.91 Å². The fraction of sp³-hybridized carbons (Fsp3) is 0.550. The Morgan fingerprint density at radius 3 is 2.39 bits per heavy atom. The smallest absolute Gasteiger partial charge is 0.420 e. The Bertz CT molecular complexity index is 1420. The molecule has 8 nitrogen and oxygen atoms in total. The summed E-state index contributed by atoms with van der Waals surface area (Å²) in [6.07, 6.45) is -8.26. The van der Waals surface area contributed by atoms with Gasteiger partial charge in [-0.05, 0) is 11.5 Å². The van der Waals surface area contributed by atoms with Crippen LogP contribution in [0, 0.1) is 10.2 Å². The number of halogens is 7. The molecule has 198 valence electrons. The van der Waals surface area contributed by atoms with Gasteiger partial charge < -0.3 is 5.21 Å². The molecule has 2 fully saturated rings. The van der Waals surface area contributed by atoms with Gasteiger partial charge in [0.05, 0.1) is 15.1 Å². The summed E-state index contributed by atoms with van der Waals surface area (Å²) in [5.41, 5.74) is -8.87. The van der Waals surface area contributed by atoms with Gasteiger partial charge in [-0.25, -0.2) is 31.5 Å². The largest absolute Gasteiger partial charge is 0.428 e. The monoisotopic (exact) mass is 543 g/mol. The van der Waals surface area contributed by atoms with Crippen LogP contribution in [0.4, 0.5) is 30.7 Å². The maximum absolute atomic E-state index is 14.9. The first kappa shape index (κ1) is 26.2. The van der Waals surface area contributed by atoms with Crippen LogP contribution in [0.25, 0.3) is 0 Å². The van der Waals surface area contributed by atoms with Gasteiger partial charge in [0.1, 0.15) is 23.1 Å². The number of hydrogen-bond donors (Lipinski definition) is 2. The van der Waals surface area contributed by atoms with E-state index in [0.29, 0.717) is 9.41 Å². The van der Waals surface area contributed by atoms with E-state index in [9.17, 15) is 44.9 Å². The van der Waals surface area contributed by atoms with E-state index in [-0.39, 0.29) is 0 Å². The zero-order valence-corrected chi connectivity index (χ0v) is 19.6. The molecular formula is C20H20F7N5O3S. The molecule has 0 aliphatic heterocycles. The van der Waals surface area contributed by atoms with Gasteiger partial charge in [-0.1, -0.05) is 6.92 Å². The van der Waals surface area contributed by atoms with Gasteiger partial charge in [-0.3, -0.25) is 9.48 Å². The zero-order chi connectivity index (χ0) is 27.1. The van der Waals surface area contributed by atoms with Gasteiger partial charge in [0.15, 0.2) is 10.7 Å². The molecule has 3 unspecified atom stereocenters. The van der Waals surface area contributed by atoms with E-state index in [2.05, 4.69) is 10.1 Å². The summed E-state index contributed by atoms with van der Waals surface area (Å²) < 4.78 is 118. The van der Waals surface area contributed by atoms with Crippen molar-refractivity contribution in [1.82, 2.24) is 14.5 Å². The number of amides is 1. The number of nitrogens with zero attached hydrogens (tertiary/aromatic N) is 4. The number of carbonyl (C=O) groups is 1. The Hall–Kier alpha value is -2.91. The highest BCUT2D eigenvalue weighted by atomic mass is 32.2. The molecule has 2 N–H and O–H groups in total. The molecule has 0 aromatic carbocycles. The summed E-state index contributed by atoms with van der Waals surface area (Å²) >= 11 is 0. The number of carbonyl (C=O) groups excluding carboxylic acids is 1. The minimum atomic E-state index is -5.38. The molecule has 0 spiro atoms. The third kappa shape index (κ3) is 4.62. The predicted molar refractivity (Wildman–Crippen MR) is 108 cm³/mol. The Kier molecular flexibility index (Phi) is 5.66. The van der Waals surface area contributed by atoms with Crippen molar-refractivity contribution in [2.24, 2.45) is 10.4 Å². The molecule has 2 aromatic rings. The SMILES string of the molecule is CC1(Cn2nc(C3(F)CC3F)c(C(F)(F)F)c2C(=O)N=c2ccn(O)c(S(C)(=N)=O)c2)CC(F)(F)C1. The minimum absolute atomic E-state index is 0.307. The standard InChI is InChI=1S/C20H20F7N5O3S/c1-17(7-18(22,23)8-17)9-31-14(13(20(25,26)27)15(30-31)19(24)6-11(19)21)16(33)29-10-3-4-32(34)12(5-10)36(2,28)35/h3-5,11,28,34H,6-9H2,1-2H3. The molecule has 4 rings (SSSR count). The van der Waals surface area contributed by atoms with Crippen molar-refractivity contribution in [1.29, 1.82) is 4.78 Å². The molecule has 2 heterocycles. The molecule has 0 bridgehead atoms. The lowest BCUT2D eigenvalue weighted by atomic mass is 9.67. The summed E-state index contributed by atoms with van der Waals surface area (Å²) in [5, 5.41) is 12.4. The van der Waals surface area contributed by atoms with Gasteiger partial charge >= 0.3 is 6.18 Å². The van der Waals surface area contributed by atoms with Crippen LogP contribution in [-0.4, -0.2) is 48.2 Å². The molecule has 3 atom stereocenters. The Labute approximate surface area is 199 Å². The van der Waals surface area contributed by atoms with Crippen LogP contribution in [0.1, 0.15) is 47.9 Å². The second-order valence-corrected chi connectivity index (χ2v) is 11.7. The van der Waals surface area contributed by atoms with Crippen molar-refractivity contribution in [2.45, 2.75) is 61.7 Å². The van der Waals surface area contributed by atoms with E-state index in [1.54, 1.807) is 0 Å². The quantitative estimate of drug-likeness (QED) is 0.438. The molecule has 2 aliphatic carbocycles. The van der Waals surface area contributed by atoms with Crippen LogP contribution in [0.2, 0.25) is 0 Å². The fourth-order valence-corrected chi connectivity index (χ4v) is 5.23. The van der Waals surface area contributed by atoms with E-state index in [1.165, 1.54) is 6.92 Å². The highest BCUT2D eigenvalue weighted by molar-refractivity contribution is 7.91. The molecular weight excluding hydrogens is 523 g/mol. The van der Waals surface area contributed by atoms with Crippen LogP contribution in [0.3, 0.4) is 0 Å². The average molecular weight is 543 g/mol. The highest BCUT2D eigenvalue weighted by Gasteiger charge is 2.64. The van der Waals surface area contributed by atoms with Gasteiger partial charge in [0.2, 0.25) is 5.92 Å². The van der Waals surface area contributed by atoms with Crippen LogP contribution in [0.5, 0.6) is 0 Å². The van der Waals surface area contributed by atoms with Crippen LogP contribution in [0.15, 0.2) is 28.3 Å². The fourth-order valence-electron chi connectivity index (χ4n) is 4.46. The first-order valence-corrected chi connectivity index (χ1v) is 12.4. The molecule has 2 aromatic heterocycles. The van der Waals surface area contributed by atoms with Crippen LogP contribution < -0.4 is 5.36 Å². The molecule has 16 heteroatoms. The normalized spacial score (nSPS) is 26.8. The first-order chi connectivity index (χ1) is 16.3. The number of aromatic nitrogens is 3. The van der Waals surface area contributed by atoms with Crippen molar-refractivity contribution >= 4 is 15.6 Å². The lowest BCUT2D eigenvalue weighted by Crippen LogP contribution is -2.47. The summed E-state index contributed by atoms with van der Waals surface area (Å²) in [6, 6.07) is 1.79. The topological polar surface area (TPSA) is 113 Å². The van der Waals surface area contributed by atoms with Crippen LogP contribution in [-0.2, 0) is 28.1 Å². The van der Waals surface area contributed by atoms with E-state index in [0.717, 1.165) is 24.6 Å². The van der Waals surface area contributed by atoms with Crippen LogP contribution >= 0.6 is 0 Å². The molecule has 0 radical (unpaired) electrons. The Morgan fingerprint density at radius 2 is 1.92 bits per heavy atom. The Balaban J connectivity index is 1.89. The predicted octanol–water partition coefficient (Wildman–Crippen LogP) is 4.06. The van der Waals surface area contributed by atoms with Gasteiger partial charge in [0, 0.05) is 44.3 Å². The Morgan fingerprint density at radius 1 is 1.33 bits per heavy atom. The third-order valence-corrected chi connectivity index (χ3v) is 7.16. The zero-order valence-electron chi connectivity index (χ0n) is 18.7. The summed E-state index contributed by atoms with van der Waals surface area (Å²) in [6.45, 7) is 0.710. The molecule has 2 saturated carbocycles. The van der Waals surface area contributed by atoms with E-state index >= 15 is 0 Å². The maximum Gasteiger partial charge on any atom is 0.420 e. The van der Waals surface area contributed by atoms with Crippen molar-refractivity contribution in [3.63, 3.8) is 0 Å². The van der Waals surface area contributed by atoms with E-state index in [4.69, 9.17) is 4.78 Å². The van der Waals surface area contributed by atoms with Crippen molar-refractivity contribution in [2.75, 3.05) is 6.26 Å². The number of alkyl halides is 7. The van der Waals surface area contributed by atoms with Crippen molar-refractivity contribution < 1.29 is 44.9 Å². The molecule has 0 saturated heterocycles. The summed E-state index contributed by atoms with van der Waals surface area (Å²) in [7, 11) is -3.56. The number of rotatable bonds is 5. The lowest BCUT2D eigenvalue weighted by Gasteiger charge is -2.44. The minimum Gasteiger partial charge on any atom is -0.428 e. The third-order valence-electron chi connectivity index (χ3n) is 6.06. The molecule has 36 heavy (non-hydrogen) atoms. The number of nitrogens with one attached hydrogen (secondary N) is 1. The van der Waals surface area contributed by atoms with E-state index in [1.807, 2.05) is 0 Å². The van der Waals surface area contributed by atoms with Gasteiger partial charge in [-0.15, -0.1) is 0 Å². The van der Waals surface area contributed by atoms with E-state index < -0.39 is 98.1 Å². The average Bonchev–Trinajstić information content (AvgIpc) is 3.11. The highest BCUT2D eigenvalue weighted by Crippen LogP contribution is 2.56. The van der Waals surface area contributed by atoms with Gasteiger partial charge in [-0.2, -0.15) is 23.0 Å². The summed E-state index contributed by atoms with van der Waals surface area (Å²) in [4.78, 5) is 16.5.